The van der Waals surface area contributed by atoms with E-state index in [9.17, 15) is 8.42 Å². The van der Waals surface area contributed by atoms with Crippen molar-refractivity contribution in [1.82, 2.24) is 9.62 Å². The molecule has 1 aromatic rings. The van der Waals surface area contributed by atoms with E-state index in [0.717, 1.165) is 6.54 Å². The van der Waals surface area contributed by atoms with Gasteiger partial charge in [-0.3, -0.25) is 0 Å². The molecule has 0 fully saturated rings. The molecular formula is C14H24N2O3S. The first-order chi connectivity index (χ1) is 9.39. The molecule has 1 rings (SSSR count). The Kier molecular flexibility index (Phi) is 5.98. The van der Waals surface area contributed by atoms with Crippen molar-refractivity contribution in [1.29, 1.82) is 0 Å². The average molecular weight is 300 g/mol. The first-order valence-electron chi connectivity index (χ1n) is 6.80. The van der Waals surface area contributed by atoms with Gasteiger partial charge in [-0.2, -0.15) is 4.31 Å². The number of sulfonamides is 1. The van der Waals surface area contributed by atoms with E-state index in [1.165, 1.54) is 4.31 Å². The van der Waals surface area contributed by atoms with Crippen LogP contribution in [-0.2, 0) is 16.6 Å². The molecule has 1 heterocycles. The Balaban J connectivity index is 3.32. The molecule has 0 aromatic carbocycles. The number of furan rings is 1. The van der Waals surface area contributed by atoms with Crippen LogP contribution in [0.2, 0.25) is 0 Å². The van der Waals surface area contributed by atoms with E-state index in [-0.39, 0.29) is 0 Å². The van der Waals surface area contributed by atoms with Crippen LogP contribution in [0.4, 0.5) is 0 Å². The highest BCUT2D eigenvalue weighted by molar-refractivity contribution is 7.89. The van der Waals surface area contributed by atoms with Gasteiger partial charge >= 0.3 is 0 Å². The van der Waals surface area contributed by atoms with Crippen molar-refractivity contribution in [3.8, 4) is 0 Å². The number of rotatable bonds is 8. The fourth-order valence-electron chi connectivity index (χ4n) is 2.17. The molecule has 0 saturated heterocycles. The molecule has 0 spiro atoms. The highest BCUT2D eigenvalue weighted by atomic mass is 32.2. The van der Waals surface area contributed by atoms with Gasteiger partial charge in [-0.15, -0.1) is 6.58 Å². The molecule has 0 unspecified atom stereocenters. The third-order valence-electron chi connectivity index (χ3n) is 3.16. The summed E-state index contributed by atoms with van der Waals surface area (Å²) in [5.74, 6) is 1.09. The topological polar surface area (TPSA) is 62.6 Å². The maximum atomic E-state index is 12.8. The number of hydrogen-bond donors (Lipinski definition) is 1. The standard InChI is InChI=1S/C14H24N2O3S/c1-6-9-16(8-3)20(17,18)14-12(5)19-11(4)13(14)10-15-7-2/h6,15H,1,7-10H2,2-5H3. The number of aryl methyl sites for hydroxylation is 2. The Labute approximate surface area is 121 Å². The van der Waals surface area contributed by atoms with Gasteiger partial charge in [0.25, 0.3) is 0 Å². The Morgan fingerprint density at radius 2 is 1.95 bits per heavy atom. The van der Waals surface area contributed by atoms with Gasteiger partial charge in [-0.1, -0.05) is 19.9 Å². The summed E-state index contributed by atoms with van der Waals surface area (Å²) in [6, 6.07) is 0. The van der Waals surface area contributed by atoms with Crippen molar-refractivity contribution in [2.24, 2.45) is 0 Å². The quantitative estimate of drug-likeness (QED) is 0.748. The zero-order valence-corrected chi connectivity index (χ0v) is 13.5. The molecule has 114 valence electrons. The molecule has 0 saturated carbocycles. The number of nitrogens with zero attached hydrogens (tertiary/aromatic N) is 1. The normalized spacial score (nSPS) is 12.1. The average Bonchev–Trinajstić information content (AvgIpc) is 2.68. The number of likely N-dealkylation sites (N-methyl/N-ethyl adjacent to an activating group) is 1. The van der Waals surface area contributed by atoms with E-state index in [4.69, 9.17) is 4.42 Å². The van der Waals surface area contributed by atoms with Crippen LogP contribution in [0.15, 0.2) is 22.0 Å². The Morgan fingerprint density at radius 3 is 2.45 bits per heavy atom. The van der Waals surface area contributed by atoms with Crippen LogP contribution >= 0.6 is 0 Å². The molecule has 0 aliphatic carbocycles. The van der Waals surface area contributed by atoms with Crippen molar-refractivity contribution in [3.05, 3.63) is 29.7 Å². The van der Waals surface area contributed by atoms with Gasteiger partial charge in [0.15, 0.2) is 0 Å². The lowest BCUT2D eigenvalue weighted by Crippen LogP contribution is -2.32. The van der Waals surface area contributed by atoms with Crippen LogP contribution in [0.25, 0.3) is 0 Å². The highest BCUT2D eigenvalue weighted by Gasteiger charge is 2.30. The second kappa shape index (κ2) is 7.06. The van der Waals surface area contributed by atoms with E-state index in [1.807, 2.05) is 13.8 Å². The minimum atomic E-state index is -3.56. The zero-order valence-electron chi connectivity index (χ0n) is 12.7. The summed E-state index contributed by atoms with van der Waals surface area (Å²) in [7, 11) is -3.56. The molecule has 5 nitrogen and oxygen atoms in total. The summed E-state index contributed by atoms with van der Waals surface area (Å²) >= 11 is 0. The van der Waals surface area contributed by atoms with Crippen LogP contribution in [0, 0.1) is 13.8 Å². The maximum absolute atomic E-state index is 12.8. The lowest BCUT2D eigenvalue weighted by atomic mass is 10.2. The SMILES string of the molecule is C=CCN(CC)S(=O)(=O)c1c(C)oc(C)c1CNCC. The summed E-state index contributed by atoms with van der Waals surface area (Å²) in [6.07, 6.45) is 1.59. The summed E-state index contributed by atoms with van der Waals surface area (Å²) in [5, 5.41) is 3.16. The van der Waals surface area contributed by atoms with Crippen LogP contribution in [0.5, 0.6) is 0 Å². The molecule has 6 heteroatoms. The Bertz CT molecular complexity index is 561. The predicted octanol–water partition coefficient (Wildman–Crippen LogP) is 2.20. The Hall–Kier alpha value is -1.11. The molecule has 20 heavy (non-hydrogen) atoms. The molecule has 0 amide bonds. The molecule has 0 bridgehead atoms. The van der Waals surface area contributed by atoms with Gasteiger partial charge in [0, 0.05) is 25.2 Å². The minimum absolute atomic E-state index is 0.291. The second-order valence-electron chi connectivity index (χ2n) is 4.55. The summed E-state index contributed by atoms with van der Waals surface area (Å²) < 4.78 is 32.4. The van der Waals surface area contributed by atoms with Crippen molar-refractivity contribution in [3.63, 3.8) is 0 Å². The van der Waals surface area contributed by atoms with Crippen LogP contribution in [0.3, 0.4) is 0 Å². The maximum Gasteiger partial charge on any atom is 0.247 e. The van der Waals surface area contributed by atoms with E-state index < -0.39 is 10.0 Å². The molecule has 1 N–H and O–H groups in total. The van der Waals surface area contributed by atoms with Crippen molar-refractivity contribution >= 4 is 10.0 Å². The van der Waals surface area contributed by atoms with Crippen molar-refractivity contribution in [2.75, 3.05) is 19.6 Å². The van der Waals surface area contributed by atoms with E-state index in [1.54, 1.807) is 19.9 Å². The third kappa shape index (κ3) is 3.31. The van der Waals surface area contributed by atoms with Crippen LogP contribution in [-0.4, -0.2) is 32.4 Å². The van der Waals surface area contributed by atoms with E-state index in [2.05, 4.69) is 11.9 Å². The first-order valence-corrected chi connectivity index (χ1v) is 8.24. The first kappa shape index (κ1) is 16.9. The summed E-state index contributed by atoms with van der Waals surface area (Å²) in [6.45, 7) is 12.8. The summed E-state index contributed by atoms with van der Waals surface area (Å²) in [4.78, 5) is 0.291. The fourth-order valence-corrected chi connectivity index (χ4v) is 4.00. The molecule has 0 aliphatic rings. The highest BCUT2D eigenvalue weighted by Crippen LogP contribution is 2.29. The molecule has 1 aromatic heterocycles. The molecule has 0 radical (unpaired) electrons. The van der Waals surface area contributed by atoms with Gasteiger partial charge < -0.3 is 9.73 Å². The van der Waals surface area contributed by atoms with Gasteiger partial charge in [-0.05, 0) is 20.4 Å². The monoisotopic (exact) mass is 300 g/mol. The van der Waals surface area contributed by atoms with Crippen LogP contribution in [0.1, 0.15) is 30.9 Å². The fraction of sp³-hybridized carbons (Fsp3) is 0.571. The van der Waals surface area contributed by atoms with Gasteiger partial charge in [0.2, 0.25) is 10.0 Å². The third-order valence-corrected chi connectivity index (χ3v) is 5.30. The van der Waals surface area contributed by atoms with Crippen LogP contribution < -0.4 is 5.32 Å². The van der Waals surface area contributed by atoms with Gasteiger partial charge in [0.05, 0.1) is 0 Å². The predicted molar refractivity (Wildman–Crippen MR) is 80.2 cm³/mol. The smallest absolute Gasteiger partial charge is 0.247 e. The van der Waals surface area contributed by atoms with Gasteiger partial charge in [0.1, 0.15) is 16.4 Å². The summed E-state index contributed by atoms with van der Waals surface area (Å²) in [5.41, 5.74) is 0.715. The lowest BCUT2D eigenvalue weighted by Gasteiger charge is -2.19. The van der Waals surface area contributed by atoms with Crippen molar-refractivity contribution in [2.45, 2.75) is 39.1 Å². The molecular weight excluding hydrogens is 276 g/mol. The molecule has 0 aliphatic heterocycles. The number of hydrogen-bond acceptors (Lipinski definition) is 4. The van der Waals surface area contributed by atoms with Crippen molar-refractivity contribution < 1.29 is 12.8 Å². The second-order valence-corrected chi connectivity index (χ2v) is 6.42. The number of nitrogens with one attached hydrogen (secondary N) is 1. The van der Waals surface area contributed by atoms with E-state index in [0.29, 0.717) is 41.6 Å². The van der Waals surface area contributed by atoms with Gasteiger partial charge in [-0.25, -0.2) is 8.42 Å². The van der Waals surface area contributed by atoms with E-state index >= 15 is 0 Å². The largest absolute Gasteiger partial charge is 0.465 e. The Morgan fingerprint density at radius 1 is 1.30 bits per heavy atom. The molecule has 0 atom stereocenters. The minimum Gasteiger partial charge on any atom is -0.465 e. The lowest BCUT2D eigenvalue weighted by molar-refractivity contribution is 0.453. The zero-order chi connectivity index (χ0) is 15.3.